The summed E-state index contributed by atoms with van der Waals surface area (Å²) in [6.45, 7) is 2.40. The van der Waals surface area contributed by atoms with Crippen LogP contribution >= 0.6 is 0 Å². The molecule has 1 amide bonds. The van der Waals surface area contributed by atoms with Gasteiger partial charge in [-0.2, -0.15) is 0 Å². The van der Waals surface area contributed by atoms with Crippen LogP contribution in [0.2, 0.25) is 0 Å². The Kier molecular flexibility index (Phi) is 3.48. The topological polar surface area (TPSA) is 55.1 Å². The summed E-state index contributed by atoms with van der Waals surface area (Å²) in [7, 11) is 0. The molecular formula is C14H20N2O. The fourth-order valence-electron chi connectivity index (χ4n) is 2.09. The summed E-state index contributed by atoms with van der Waals surface area (Å²) in [4.78, 5) is 12.0. The van der Waals surface area contributed by atoms with Crippen LogP contribution < -0.4 is 11.1 Å². The number of hydrogen-bond acceptors (Lipinski definition) is 2. The zero-order chi connectivity index (χ0) is 12.3. The second kappa shape index (κ2) is 4.88. The van der Waals surface area contributed by atoms with E-state index in [1.54, 1.807) is 0 Å². The van der Waals surface area contributed by atoms with Crippen molar-refractivity contribution < 1.29 is 4.79 Å². The van der Waals surface area contributed by atoms with Gasteiger partial charge in [-0.05, 0) is 25.3 Å². The molecule has 3 N–H and O–H groups in total. The summed E-state index contributed by atoms with van der Waals surface area (Å²) in [5.74, 6) is 0.345. The van der Waals surface area contributed by atoms with Crippen molar-refractivity contribution >= 4 is 5.91 Å². The number of benzene rings is 1. The fourth-order valence-corrected chi connectivity index (χ4v) is 2.09. The zero-order valence-electron chi connectivity index (χ0n) is 10.3. The number of nitrogens with two attached hydrogens (primary N) is 1. The number of carbonyl (C=O) groups is 1. The molecule has 1 unspecified atom stereocenters. The molecule has 3 nitrogen and oxygen atoms in total. The lowest BCUT2D eigenvalue weighted by Crippen LogP contribution is -2.51. The average Bonchev–Trinajstić information content (AvgIpc) is 2.27. The van der Waals surface area contributed by atoms with Crippen molar-refractivity contribution in [2.75, 3.05) is 6.54 Å². The third-order valence-electron chi connectivity index (χ3n) is 3.69. The van der Waals surface area contributed by atoms with Crippen LogP contribution in [0.1, 0.15) is 31.7 Å². The van der Waals surface area contributed by atoms with Gasteiger partial charge in [0, 0.05) is 12.5 Å². The molecule has 0 radical (unpaired) electrons. The van der Waals surface area contributed by atoms with E-state index >= 15 is 0 Å². The molecule has 92 valence electrons. The highest BCUT2D eigenvalue weighted by Gasteiger charge is 2.32. The van der Waals surface area contributed by atoms with Gasteiger partial charge in [-0.25, -0.2) is 0 Å². The van der Waals surface area contributed by atoms with Gasteiger partial charge in [-0.3, -0.25) is 4.79 Å². The summed E-state index contributed by atoms with van der Waals surface area (Å²) in [5, 5.41) is 3.10. The van der Waals surface area contributed by atoms with Crippen molar-refractivity contribution in [1.29, 1.82) is 0 Å². The molecule has 1 fully saturated rings. The Morgan fingerprint density at radius 1 is 1.41 bits per heavy atom. The second-order valence-corrected chi connectivity index (χ2v) is 5.02. The summed E-state index contributed by atoms with van der Waals surface area (Å²) < 4.78 is 0. The van der Waals surface area contributed by atoms with Crippen LogP contribution in [0, 0.1) is 5.92 Å². The Labute approximate surface area is 102 Å². The van der Waals surface area contributed by atoms with Crippen molar-refractivity contribution in [2.45, 2.75) is 31.7 Å². The Morgan fingerprint density at radius 2 is 2.06 bits per heavy atom. The van der Waals surface area contributed by atoms with Crippen molar-refractivity contribution in [3.8, 4) is 0 Å². The van der Waals surface area contributed by atoms with Gasteiger partial charge >= 0.3 is 0 Å². The lowest BCUT2D eigenvalue weighted by molar-refractivity contribution is -0.129. The van der Waals surface area contributed by atoms with E-state index in [1.807, 2.05) is 37.3 Å². The SMILES string of the molecule is CC(CN)(NC(=O)C1CCC1)c1ccccc1. The molecule has 1 aromatic carbocycles. The molecule has 1 aliphatic rings. The minimum absolute atomic E-state index is 0.146. The minimum Gasteiger partial charge on any atom is -0.345 e. The van der Waals surface area contributed by atoms with E-state index in [0.717, 1.165) is 18.4 Å². The van der Waals surface area contributed by atoms with E-state index in [0.29, 0.717) is 6.54 Å². The summed E-state index contributed by atoms with van der Waals surface area (Å²) in [5.41, 5.74) is 6.45. The van der Waals surface area contributed by atoms with Crippen LogP contribution in [0.3, 0.4) is 0 Å². The molecule has 1 aromatic rings. The second-order valence-electron chi connectivity index (χ2n) is 5.02. The molecule has 0 bridgehead atoms. The first-order valence-corrected chi connectivity index (χ1v) is 6.23. The van der Waals surface area contributed by atoms with E-state index in [9.17, 15) is 4.79 Å². The van der Waals surface area contributed by atoms with E-state index in [4.69, 9.17) is 5.73 Å². The molecule has 17 heavy (non-hydrogen) atoms. The van der Waals surface area contributed by atoms with Crippen molar-refractivity contribution in [3.05, 3.63) is 35.9 Å². The van der Waals surface area contributed by atoms with Gasteiger partial charge in [0.05, 0.1) is 5.54 Å². The molecule has 1 saturated carbocycles. The molecule has 2 rings (SSSR count). The Bertz CT molecular complexity index is 386. The highest BCUT2D eigenvalue weighted by atomic mass is 16.2. The molecule has 0 heterocycles. The standard InChI is InChI=1S/C14H20N2O/c1-14(10-15,12-8-3-2-4-9-12)16-13(17)11-6-5-7-11/h2-4,8-9,11H,5-7,10,15H2,1H3,(H,16,17). The highest BCUT2D eigenvalue weighted by molar-refractivity contribution is 5.80. The minimum atomic E-state index is -0.450. The third kappa shape index (κ3) is 2.50. The lowest BCUT2D eigenvalue weighted by atomic mass is 9.83. The van der Waals surface area contributed by atoms with E-state index in [1.165, 1.54) is 6.42 Å². The van der Waals surface area contributed by atoms with Gasteiger partial charge in [0.1, 0.15) is 0 Å². The lowest BCUT2D eigenvalue weighted by Gasteiger charge is -2.34. The quantitative estimate of drug-likeness (QED) is 0.831. The van der Waals surface area contributed by atoms with Crippen LogP contribution in [0.4, 0.5) is 0 Å². The van der Waals surface area contributed by atoms with Gasteiger partial charge in [-0.15, -0.1) is 0 Å². The number of hydrogen-bond donors (Lipinski definition) is 2. The van der Waals surface area contributed by atoms with Gasteiger partial charge < -0.3 is 11.1 Å². The zero-order valence-corrected chi connectivity index (χ0v) is 10.3. The first-order chi connectivity index (χ1) is 8.15. The number of rotatable bonds is 4. The molecule has 0 spiro atoms. The van der Waals surface area contributed by atoms with Gasteiger partial charge in [-0.1, -0.05) is 36.8 Å². The summed E-state index contributed by atoms with van der Waals surface area (Å²) in [6, 6.07) is 9.92. The van der Waals surface area contributed by atoms with E-state index < -0.39 is 5.54 Å². The van der Waals surface area contributed by atoms with Gasteiger partial charge in [0.2, 0.25) is 5.91 Å². The Balaban J connectivity index is 2.11. The first-order valence-electron chi connectivity index (χ1n) is 6.23. The predicted molar refractivity (Wildman–Crippen MR) is 68.3 cm³/mol. The monoisotopic (exact) mass is 232 g/mol. The number of amides is 1. The third-order valence-corrected chi connectivity index (χ3v) is 3.69. The average molecular weight is 232 g/mol. The van der Waals surface area contributed by atoms with Crippen LogP contribution in [-0.4, -0.2) is 12.5 Å². The fraction of sp³-hybridized carbons (Fsp3) is 0.500. The molecule has 1 atom stereocenters. The molecular weight excluding hydrogens is 212 g/mol. The predicted octanol–water partition coefficient (Wildman–Crippen LogP) is 1.78. The molecule has 0 saturated heterocycles. The maximum atomic E-state index is 12.0. The normalized spacial score (nSPS) is 19.2. The van der Waals surface area contributed by atoms with Crippen molar-refractivity contribution in [2.24, 2.45) is 11.7 Å². The molecule has 3 heteroatoms. The van der Waals surface area contributed by atoms with E-state index in [-0.39, 0.29) is 11.8 Å². The maximum Gasteiger partial charge on any atom is 0.223 e. The summed E-state index contributed by atoms with van der Waals surface area (Å²) >= 11 is 0. The number of carbonyl (C=O) groups excluding carboxylic acids is 1. The molecule has 0 aromatic heterocycles. The van der Waals surface area contributed by atoms with Crippen LogP contribution in [-0.2, 0) is 10.3 Å². The van der Waals surface area contributed by atoms with Crippen molar-refractivity contribution in [3.63, 3.8) is 0 Å². The largest absolute Gasteiger partial charge is 0.345 e. The molecule has 1 aliphatic carbocycles. The summed E-state index contributed by atoms with van der Waals surface area (Å²) in [6.07, 6.45) is 3.20. The number of nitrogens with one attached hydrogen (secondary N) is 1. The van der Waals surface area contributed by atoms with Crippen LogP contribution in [0.25, 0.3) is 0 Å². The van der Waals surface area contributed by atoms with E-state index in [2.05, 4.69) is 5.32 Å². The first kappa shape index (κ1) is 12.1. The molecule has 0 aliphatic heterocycles. The van der Waals surface area contributed by atoms with Gasteiger partial charge in [0.15, 0.2) is 0 Å². The van der Waals surface area contributed by atoms with Crippen molar-refractivity contribution in [1.82, 2.24) is 5.32 Å². The van der Waals surface area contributed by atoms with Crippen LogP contribution in [0.5, 0.6) is 0 Å². The maximum absolute atomic E-state index is 12.0. The Morgan fingerprint density at radius 3 is 2.53 bits per heavy atom. The Hall–Kier alpha value is -1.35. The smallest absolute Gasteiger partial charge is 0.223 e. The highest BCUT2D eigenvalue weighted by Crippen LogP contribution is 2.28. The van der Waals surface area contributed by atoms with Gasteiger partial charge in [0.25, 0.3) is 0 Å². The van der Waals surface area contributed by atoms with Crippen LogP contribution in [0.15, 0.2) is 30.3 Å².